The number of esters is 1. The van der Waals surface area contributed by atoms with Crippen molar-refractivity contribution in [3.05, 3.63) is 0 Å². The second-order valence-corrected chi connectivity index (χ2v) is 8.76. The SMILES string of the molecule is COC(=O)C1(NC2CC2)CCC(N(C)CCS(C)(=O)=O)C1. The number of nitrogens with one attached hydrogen (secondary N) is 1. The maximum Gasteiger partial charge on any atom is 0.326 e. The molecule has 2 saturated carbocycles. The van der Waals surface area contributed by atoms with E-state index in [0.29, 0.717) is 19.0 Å². The predicted molar refractivity (Wildman–Crippen MR) is 80.9 cm³/mol. The van der Waals surface area contributed by atoms with Crippen LogP contribution in [-0.4, -0.2) is 69.6 Å². The van der Waals surface area contributed by atoms with Crippen LogP contribution in [0.5, 0.6) is 0 Å². The molecule has 2 rings (SSSR count). The number of methoxy groups -OCH3 is 1. The van der Waals surface area contributed by atoms with E-state index in [-0.39, 0.29) is 17.8 Å². The predicted octanol–water partition coefficient (Wildman–Crippen LogP) is 0.179. The molecule has 0 aromatic rings. The first-order valence-corrected chi connectivity index (χ1v) is 9.56. The normalized spacial score (nSPS) is 29.8. The van der Waals surface area contributed by atoms with Gasteiger partial charge in [-0.05, 0) is 39.2 Å². The Morgan fingerprint density at radius 1 is 1.38 bits per heavy atom. The Hall–Kier alpha value is -0.660. The average Bonchev–Trinajstić information content (AvgIpc) is 3.11. The lowest BCUT2D eigenvalue weighted by molar-refractivity contribution is -0.148. The van der Waals surface area contributed by atoms with E-state index in [1.165, 1.54) is 13.4 Å². The summed E-state index contributed by atoms with van der Waals surface area (Å²) in [5.74, 6) is -0.0326. The molecule has 0 heterocycles. The molecule has 0 saturated heterocycles. The molecular formula is C14H26N2O4S. The van der Waals surface area contributed by atoms with Crippen LogP contribution in [-0.2, 0) is 19.4 Å². The second-order valence-electron chi connectivity index (χ2n) is 6.50. The van der Waals surface area contributed by atoms with Crippen LogP contribution in [0.15, 0.2) is 0 Å². The average molecular weight is 318 g/mol. The van der Waals surface area contributed by atoms with E-state index >= 15 is 0 Å². The minimum Gasteiger partial charge on any atom is -0.468 e. The summed E-state index contributed by atoms with van der Waals surface area (Å²) in [6.45, 7) is 0.504. The lowest BCUT2D eigenvalue weighted by Gasteiger charge is -2.30. The molecule has 2 aliphatic rings. The number of rotatable bonds is 7. The van der Waals surface area contributed by atoms with Gasteiger partial charge in [-0.25, -0.2) is 8.42 Å². The van der Waals surface area contributed by atoms with Crippen molar-refractivity contribution in [2.75, 3.05) is 32.7 Å². The number of sulfone groups is 1. The summed E-state index contributed by atoms with van der Waals surface area (Å²) in [5.41, 5.74) is -0.583. The van der Waals surface area contributed by atoms with Crippen LogP contribution >= 0.6 is 0 Å². The summed E-state index contributed by atoms with van der Waals surface area (Å²) in [6, 6.07) is 0.654. The lowest BCUT2D eigenvalue weighted by Crippen LogP contribution is -2.52. The first kappa shape index (κ1) is 16.7. The quantitative estimate of drug-likeness (QED) is 0.675. The molecule has 0 spiro atoms. The molecule has 7 heteroatoms. The molecule has 0 amide bonds. The van der Waals surface area contributed by atoms with Gasteiger partial charge in [0.25, 0.3) is 0 Å². The highest BCUT2D eigenvalue weighted by Crippen LogP contribution is 2.36. The number of carbonyl (C=O) groups excluding carboxylic acids is 1. The van der Waals surface area contributed by atoms with Gasteiger partial charge >= 0.3 is 5.97 Å². The van der Waals surface area contributed by atoms with Gasteiger partial charge in [-0.1, -0.05) is 0 Å². The Morgan fingerprint density at radius 3 is 2.57 bits per heavy atom. The Balaban J connectivity index is 1.96. The van der Waals surface area contributed by atoms with E-state index in [2.05, 4.69) is 10.2 Å². The summed E-state index contributed by atoms with van der Waals surface area (Å²) >= 11 is 0. The number of nitrogens with zero attached hydrogens (tertiary/aromatic N) is 1. The Bertz CT molecular complexity index is 489. The third kappa shape index (κ3) is 4.40. The van der Waals surface area contributed by atoms with E-state index in [9.17, 15) is 13.2 Å². The maximum atomic E-state index is 12.2. The molecule has 2 aliphatic carbocycles. The van der Waals surface area contributed by atoms with Crippen LogP contribution in [0.2, 0.25) is 0 Å². The fourth-order valence-corrected chi connectivity index (χ4v) is 3.70. The molecule has 0 aromatic carbocycles. The molecule has 0 aliphatic heterocycles. The smallest absolute Gasteiger partial charge is 0.326 e. The van der Waals surface area contributed by atoms with Crippen LogP contribution in [0.25, 0.3) is 0 Å². The first-order chi connectivity index (χ1) is 9.76. The van der Waals surface area contributed by atoms with E-state index in [1.54, 1.807) is 0 Å². The van der Waals surface area contributed by atoms with Gasteiger partial charge in [0.1, 0.15) is 15.4 Å². The summed E-state index contributed by atoms with van der Waals surface area (Å²) in [7, 11) is 0.404. The fourth-order valence-electron chi connectivity index (χ4n) is 3.08. The number of hydrogen-bond acceptors (Lipinski definition) is 6. The highest BCUT2D eigenvalue weighted by molar-refractivity contribution is 7.90. The number of ether oxygens (including phenoxy) is 1. The standard InChI is InChI=1S/C14H26N2O4S/c1-16(8-9-21(3,18)19)12-6-7-14(10-12,13(17)20-2)15-11-4-5-11/h11-12,15H,4-10H2,1-3H3. The van der Waals surface area contributed by atoms with Gasteiger partial charge < -0.3 is 9.64 Å². The molecule has 2 unspecified atom stereocenters. The highest BCUT2D eigenvalue weighted by atomic mass is 32.2. The van der Waals surface area contributed by atoms with Gasteiger partial charge in [-0.3, -0.25) is 10.1 Å². The van der Waals surface area contributed by atoms with E-state index in [1.807, 2.05) is 7.05 Å². The van der Waals surface area contributed by atoms with Gasteiger partial charge in [0.15, 0.2) is 0 Å². The van der Waals surface area contributed by atoms with Gasteiger partial charge in [0.05, 0.1) is 12.9 Å². The minimum atomic E-state index is -2.96. The van der Waals surface area contributed by atoms with Crippen LogP contribution in [0.3, 0.4) is 0 Å². The van der Waals surface area contributed by atoms with Crippen molar-refractivity contribution in [1.82, 2.24) is 10.2 Å². The van der Waals surface area contributed by atoms with Crippen molar-refractivity contribution in [2.45, 2.75) is 49.7 Å². The zero-order chi connectivity index (χ0) is 15.7. The van der Waals surface area contributed by atoms with Crippen molar-refractivity contribution in [3.8, 4) is 0 Å². The lowest BCUT2D eigenvalue weighted by atomic mass is 9.97. The minimum absolute atomic E-state index is 0.154. The Morgan fingerprint density at radius 2 is 2.05 bits per heavy atom. The van der Waals surface area contributed by atoms with Crippen molar-refractivity contribution >= 4 is 15.8 Å². The van der Waals surface area contributed by atoms with Crippen molar-refractivity contribution in [1.29, 1.82) is 0 Å². The molecular weight excluding hydrogens is 292 g/mol. The zero-order valence-electron chi connectivity index (χ0n) is 13.1. The van der Waals surface area contributed by atoms with Crippen molar-refractivity contribution in [2.24, 2.45) is 0 Å². The Labute approximate surface area is 127 Å². The number of hydrogen-bond donors (Lipinski definition) is 1. The first-order valence-electron chi connectivity index (χ1n) is 7.50. The van der Waals surface area contributed by atoms with E-state index in [4.69, 9.17) is 4.74 Å². The molecule has 1 N–H and O–H groups in total. The summed E-state index contributed by atoms with van der Waals surface area (Å²) in [5, 5.41) is 3.45. The van der Waals surface area contributed by atoms with Crippen LogP contribution in [0.4, 0.5) is 0 Å². The van der Waals surface area contributed by atoms with Gasteiger partial charge in [0, 0.05) is 24.9 Å². The zero-order valence-corrected chi connectivity index (χ0v) is 13.9. The van der Waals surface area contributed by atoms with E-state index in [0.717, 1.165) is 25.7 Å². The fraction of sp³-hybridized carbons (Fsp3) is 0.929. The van der Waals surface area contributed by atoms with Gasteiger partial charge in [0.2, 0.25) is 0 Å². The van der Waals surface area contributed by atoms with Gasteiger partial charge in [-0.2, -0.15) is 0 Å². The summed E-state index contributed by atoms with van der Waals surface area (Å²) in [6.07, 6.45) is 5.82. The molecule has 2 atom stereocenters. The van der Waals surface area contributed by atoms with Crippen LogP contribution in [0.1, 0.15) is 32.1 Å². The third-order valence-corrected chi connectivity index (χ3v) is 5.48. The molecule has 0 bridgehead atoms. The second kappa shape index (κ2) is 6.22. The summed E-state index contributed by atoms with van der Waals surface area (Å²) < 4.78 is 27.5. The molecule has 122 valence electrons. The topological polar surface area (TPSA) is 75.7 Å². The van der Waals surface area contributed by atoms with Crippen LogP contribution < -0.4 is 5.32 Å². The van der Waals surface area contributed by atoms with Gasteiger partial charge in [-0.15, -0.1) is 0 Å². The van der Waals surface area contributed by atoms with Crippen LogP contribution in [0, 0.1) is 0 Å². The number of carbonyl (C=O) groups is 1. The maximum absolute atomic E-state index is 12.2. The molecule has 0 radical (unpaired) electrons. The Kier molecular flexibility index (Phi) is 4.95. The molecule has 21 heavy (non-hydrogen) atoms. The highest BCUT2D eigenvalue weighted by Gasteiger charge is 2.49. The molecule has 6 nitrogen and oxygen atoms in total. The molecule has 2 fully saturated rings. The van der Waals surface area contributed by atoms with E-state index < -0.39 is 15.4 Å². The monoisotopic (exact) mass is 318 g/mol. The third-order valence-electron chi connectivity index (χ3n) is 4.56. The molecule has 0 aromatic heterocycles. The van der Waals surface area contributed by atoms with Crippen molar-refractivity contribution < 1.29 is 17.9 Å². The summed E-state index contributed by atoms with van der Waals surface area (Å²) in [4.78, 5) is 14.2. The largest absolute Gasteiger partial charge is 0.468 e. The van der Waals surface area contributed by atoms with Crippen molar-refractivity contribution in [3.63, 3.8) is 0 Å².